The number of carbonyl (C=O) groups is 1. The summed E-state index contributed by atoms with van der Waals surface area (Å²) in [5, 5.41) is 21.9. The molecule has 0 bridgehead atoms. The summed E-state index contributed by atoms with van der Waals surface area (Å²) in [4.78, 5) is 14.3. The summed E-state index contributed by atoms with van der Waals surface area (Å²) < 4.78 is 19.0. The number of thiophene rings is 1. The van der Waals surface area contributed by atoms with Gasteiger partial charge >= 0.3 is 5.97 Å². The zero-order valence-corrected chi connectivity index (χ0v) is 22.4. The molecule has 1 atom stereocenters. The van der Waals surface area contributed by atoms with Crippen LogP contribution in [0.15, 0.2) is 54.6 Å². The van der Waals surface area contributed by atoms with Gasteiger partial charge in [0.25, 0.3) is 0 Å². The highest BCUT2D eigenvalue weighted by Gasteiger charge is 2.24. The maximum absolute atomic E-state index is 13.7. The summed E-state index contributed by atoms with van der Waals surface area (Å²) in [7, 11) is 0. The van der Waals surface area contributed by atoms with Gasteiger partial charge < -0.3 is 15.1 Å². The van der Waals surface area contributed by atoms with E-state index in [2.05, 4.69) is 26.0 Å². The molecule has 0 spiro atoms. The molecule has 3 aromatic rings. The molecule has 0 aliphatic carbocycles. The Morgan fingerprint density at radius 3 is 2.28 bits per heavy atom. The zero-order valence-electron chi connectivity index (χ0n) is 21.6. The molecule has 2 aromatic carbocycles. The van der Waals surface area contributed by atoms with E-state index < -0.39 is 17.7 Å². The predicted octanol–water partition coefficient (Wildman–Crippen LogP) is 6.67. The monoisotopic (exact) mass is 513 g/mol. The van der Waals surface area contributed by atoms with Crippen LogP contribution in [0.2, 0.25) is 0 Å². The number of benzene rings is 2. The number of esters is 1. The van der Waals surface area contributed by atoms with Gasteiger partial charge in [0.05, 0.1) is 19.1 Å². The fourth-order valence-electron chi connectivity index (χ4n) is 4.13. The molecule has 0 amide bonds. The molecule has 0 fully saturated rings. The first-order valence-electron chi connectivity index (χ1n) is 12.2. The maximum Gasteiger partial charge on any atom is 0.308 e. The van der Waals surface area contributed by atoms with Crippen molar-refractivity contribution in [2.75, 3.05) is 13.1 Å². The molecule has 3 rings (SSSR count). The van der Waals surface area contributed by atoms with E-state index in [0.29, 0.717) is 6.42 Å². The highest BCUT2D eigenvalue weighted by molar-refractivity contribution is 7.16. The minimum atomic E-state index is -1.05. The number of carbonyl (C=O) groups excluding carboxylic acids is 1. The van der Waals surface area contributed by atoms with Gasteiger partial charge in [-0.05, 0) is 61.9 Å². The van der Waals surface area contributed by atoms with Gasteiger partial charge in [0.1, 0.15) is 11.4 Å². The molecule has 2 N–H and O–H groups in total. The second-order valence-electron chi connectivity index (χ2n) is 10.3. The Hall–Kier alpha value is -2.58. The lowest BCUT2D eigenvalue weighted by Gasteiger charge is -2.22. The molecular formula is C29H36FNO4S. The number of hydroxylamine groups is 2. The van der Waals surface area contributed by atoms with Crippen LogP contribution in [0.3, 0.4) is 0 Å². The lowest BCUT2D eigenvalue weighted by Crippen LogP contribution is -2.34. The van der Waals surface area contributed by atoms with Gasteiger partial charge in [-0.15, -0.1) is 11.3 Å². The lowest BCUT2D eigenvalue weighted by molar-refractivity contribution is -0.160. The van der Waals surface area contributed by atoms with Crippen molar-refractivity contribution in [2.45, 2.75) is 65.1 Å². The summed E-state index contributed by atoms with van der Waals surface area (Å²) >= 11 is 1.72. The summed E-state index contributed by atoms with van der Waals surface area (Å²) in [5.41, 5.74) is 3.51. The van der Waals surface area contributed by atoms with Gasteiger partial charge in [0, 0.05) is 21.9 Å². The molecule has 0 aliphatic heterocycles. The van der Waals surface area contributed by atoms with Gasteiger partial charge in [0.2, 0.25) is 0 Å². The zero-order chi connectivity index (χ0) is 26.5. The molecule has 194 valence electrons. The average Bonchev–Trinajstić information content (AvgIpc) is 3.17. The fourth-order valence-corrected chi connectivity index (χ4v) is 5.51. The molecule has 1 aromatic heterocycles. The van der Waals surface area contributed by atoms with Crippen LogP contribution in [0.5, 0.6) is 0 Å². The van der Waals surface area contributed by atoms with Crippen molar-refractivity contribution in [1.82, 2.24) is 5.06 Å². The Morgan fingerprint density at radius 2 is 1.69 bits per heavy atom. The largest absolute Gasteiger partial charge is 0.460 e. The van der Waals surface area contributed by atoms with Crippen molar-refractivity contribution < 1.29 is 24.2 Å². The smallest absolute Gasteiger partial charge is 0.308 e. The molecule has 1 heterocycles. The topological polar surface area (TPSA) is 70.0 Å². The van der Waals surface area contributed by atoms with Crippen LogP contribution in [0.4, 0.5) is 4.39 Å². The second-order valence-corrected chi connectivity index (χ2v) is 11.3. The summed E-state index contributed by atoms with van der Waals surface area (Å²) in [6.45, 7) is 9.78. The van der Waals surface area contributed by atoms with Crippen LogP contribution in [0.1, 0.15) is 57.4 Å². The van der Waals surface area contributed by atoms with E-state index in [1.54, 1.807) is 44.2 Å². The predicted molar refractivity (Wildman–Crippen MR) is 143 cm³/mol. The van der Waals surface area contributed by atoms with Crippen LogP contribution in [-0.2, 0) is 16.0 Å². The van der Waals surface area contributed by atoms with Crippen molar-refractivity contribution in [3.8, 4) is 21.6 Å². The van der Waals surface area contributed by atoms with Gasteiger partial charge in [-0.25, -0.2) is 4.39 Å². The quantitative estimate of drug-likeness (QED) is 0.234. The minimum Gasteiger partial charge on any atom is -0.460 e. The Bertz CT molecular complexity index is 1140. The Morgan fingerprint density at radius 1 is 1.06 bits per heavy atom. The molecule has 0 radical (unpaired) electrons. The van der Waals surface area contributed by atoms with E-state index in [0.717, 1.165) is 32.2 Å². The lowest BCUT2D eigenvalue weighted by atomic mass is 9.93. The number of nitrogens with zero attached hydrogens (tertiary/aromatic N) is 1. The third-order valence-electron chi connectivity index (χ3n) is 5.60. The number of halogens is 1. The molecular weight excluding hydrogens is 477 g/mol. The number of hydrogen-bond acceptors (Lipinski definition) is 6. The molecule has 36 heavy (non-hydrogen) atoms. The first-order valence-corrected chi connectivity index (χ1v) is 13.1. The van der Waals surface area contributed by atoms with Crippen molar-refractivity contribution in [3.05, 3.63) is 70.9 Å². The first kappa shape index (κ1) is 28.0. The SMILES string of the molecule is CC(C)c1sc(-c2ccccc2)c(-c2ccc(F)cc2)c1CCN(O)CC(O)CC(=O)OC(C)(C)C. The molecule has 5 nitrogen and oxygen atoms in total. The van der Waals surface area contributed by atoms with Crippen LogP contribution in [0.25, 0.3) is 21.6 Å². The molecule has 0 aliphatic rings. The van der Waals surface area contributed by atoms with E-state index in [9.17, 15) is 19.5 Å². The van der Waals surface area contributed by atoms with E-state index >= 15 is 0 Å². The summed E-state index contributed by atoms with van der Waals surface area (Å²) in [5.74, 6) is -0.539. The minimum absolute atomic E-state index is 0.0716. The Kier molecular flexibility index (Phi) is 9.41. The third-order valence-corrected chi connectivity index (χ3v) is 7.18. The number of rotatable bonds is 10. The summed E-state index contributed by atoms with van der Waals surface area (Å²) in [6, 6.07) is 16.6. The van der Waals surface area contributed by atoms with Crippen molar-refractivity contribution >= 4 is 17.3 Å². The molecule has 1 unspecified atom stereocenters. The van der Waals surface area contributed by atoms with E-state index in [1.807, 2.05) is 18.2 Å². The fraction of sp³-hybridized carbons (Fsp3) is 0.414. The number of hydrogen-bond donors (Lipinski definition) is 2. The van der Waals surface area contributed by atoms with E-state index in [4.69, 9.17) is 4.74 Å². The molecule has 0 saturated carbocycles. The first-order chi connectivity index (χ1) is 16.9. The van der Waals surface area contributed by atoms with Crippen LogP contribution < -0.4 is 0 Å². The molecule has 7 heteroatoms. The standard InChI is InChI=1S/C29H36FNO4S/c1-19(2)27-24(15-16-31(34)18-23(32)17-25(33)35-29(3,4)5)26(20-11-13-22(30)14-12-20)28(36-27)21-9-7-6-8-10-21/h6-14,19,23,32,34H,15-18H2,1-5H3. The highest BCUT2D eigenvalue weighted by Crippen LogP contribution is 2.46. The Balaban J connectivity index is 1.85. The van der Waals surface area contributed by atoms with Gasteiger partial charge in [-0.1, -0.05) is 56.3 Å². The average molecular weight is 514 g/mol. The van der Waals surface area contributed by atoms with Gasteiger partial charge in [0.15, 0.2) is 0 Å². The van der Waals surface area contributed by atoms with Crippen molar-refractivity contribution in [2.24, 2.45) is 0 Å². The summed E-state index contributed by atoms with van der Waals surface area (Å²) in [6.07, 6.45) is -0.712. The van der Waals surface area contributed by atoms with Gasteiger partial charge in [-0.3, -0.25) is 4.79 Å². The van der Waals surface area contributed by atoms with E-state index in [1.165, 1.54) is 17.0 Å². The number of aliphatic hydroxyl groups is 1. The van der Waals surface area contributed by atoms with Crippen molar-refractivity contribution in [3.63, 3.8) is 0 Å². The molecule has 0 saturated heterocycles. The normalized spacial score (nSPS) is 12.8. The van der Waals surface area contributed by atoms with Crippen LogP contribution in [0, 0.1) is 5.82 Å². The van der Waals surface area contributed by atoms with Crippen molar-refractivity contribution in [1.29, 1.82) is 0 Å². The van der Waals surface area contributed by atoms with Crippen LogP contribution >= 0.6 is 11.3 Å². The van der Waals surface area contributed by atoms with E-state index in [-0.39, 0.29) is 31.2 Å². The number of ether oxygens (including phenoxy) is 1. The maximum atomic E-state index is 13.7. The highest BCUT2D eigenvalue weighted by atomic mass is 32.1. The second kappa shape index (κ2) is 12.1. The number of aliphatic hydroxyl groups excluding tert-OH is 1. The van der Waals surface area contributed by atoms with Gasteiger partial charge in [-0.2, -0.15) is 5.06 Å². The third kappa shape index (κ3) is 7.71. The Labute approximate surface area is 217 Å². The van der Waals surface area contributed by atoms with Crippen LogP contribution in [-0.4, -0.2) is 46.1 Å².